The Morgan fingerprint density at radius 2 is 1.77 bits per heavy atom. The Morgan fingerprint density at radius 3 is 2.43 bits per heavy atom. The Morgan fingerprint density at radius 1 is 1.09 bits per heavy atom. The number of carbonyl (C=O) groups excluding carboxylic acids is 2. The van der Waals surface area contributed by atoms with E-state index < -0.39 is 11.7 Å². The number of nitrogens with zero attached hydrogens (tertiary/aromatic N) is 1. The molecule has 4 aliphatic carbocycles. The van der Waals surface area contributed by atoms with Crippen LogP contribution in [0.3, 0.4) is 0 Å². The Labute approximate surface area is 204 Å². The molecule has 2 N–H and O–H groups in total. The van der Waals surface area contributed by atoms with E-state index in [0.717, 1.165) is 66.8 Å². The second-order valence-corrected chi connectivity index (χ2v) is 11.6. The topological polar surface area (TPSA) is 63.4 Å². The third-order valence-corrected chi connectivity index (χ3v) is 9.94. The maximum atomic E-state index is 13.6. The van der Waals surface area contributed by atoms with Crippen molar-refractivity contribution in [1.29, 1.82) is 0 Å². The Bertz CT molecular complexity index is 1110. The van der Waals surface area contributed by atoms with Crippen LogP contribution in [0.2, 0.25) is 0 Å². The molecule has 3 saturated carbocycles. The summed E-state index contributed by atoms with van der Waals surface area (Å²) in [5, 5.41) is 1.04. The molecule has 0 aliphatic heterocycles. The third-order valence-electron chi connectivity index (χ3n) is 9.94. The van der Waals surface area contributed by atoms with Gasteiger partial charge in [0.15, 0.2) is 5.78 Å². The summed E-state index contributed by atoms with van der Waals surface area (Å²) in [6, 6.07) is 4.44. The third kappa shape index (κ3) is 3.69. The number of hydrogen-bond donors (Lipinski definition) is 1. The number of alkyl halides is 3. The Hall–Kier alpha value is -2.41. The highest BCUT2D eigenvalue weighted by molar-refractivity contribution is 5.95. The number of halogens is 3. The van der Waals surface area contributed by atoms with Gasteiger partial charge in [-0.05, 0) is 103 Å². The summed E-state index contributed by atoms with van der Waals surface area (Å²) in [6.07, 6.45) is 3.22. The van der Waals surface area contributed by atoms with Crippen molar-refractivity contribution in [2.24, 2.45) is 40.3 Å². The number of fused-ring (bicyclic) bond motifs is 5. The second kappa shape index (κ2) is 8.05. The van der Waals surface area contributed by atoms with Gasteiger partial charge in [-0.1, -0.05) is 26.0 Å². The lowest BCUT2D eigenvalue weighted by molar-refractivity contribution is -0.137. The maximum Gasteiger partial charge on any atom is 0.416 e. The van der Waals surface area contributed by atoms with E-state index >= 15 is 0 Å². The molecule has 0 aromatic heterocycles. The molecule has 35 heavy (non-hydrogen) atoms. The molecule has 1 amide bonds. The first-order valence-corrected chi connectivity index (χ1v) is 12.6. The fourth-order valence-corrected chi connectivity index (χ4v) is 8.08. The van der Waals surface area contributed by atoms with Crippen LogP contribution in [0, 0.1) is 34.5 Å². The van der Waals surface area contributed by atoms with Crippen LogP contribution in [0.1, 0.15) is 64.4 Å². The van der Waals surface area contributed by atoms with Crippen molar-refractivity contribution in [1.82, 2.24) is 0 Å². The molecular weight excluding hydrogens is 453 g/mol. The van der Waals surface area contributed by atoms with Crippen molar-refractivity contribution >= 4 is 17.4 Å². The van der Waals surface area contributed by atoms with Crippen molar-refractivity contribution in [2.75, 3.05) is 5.01 Å². The average Bonchev–Trinajstić information content (AvgIpc) is 3.16. The van der Waals surface area contributed by atoms with Crippen LogP contribution in [-0.4, -0.2) is 11.7 Å². The highest BCUT2D eigenvalue weighted by Gasteiger charge is 2.61. The van der Waals surface area contributed by atoms with E-state index in [1.165, 1.54) is 12.1 Å². The number of nitrogens with two attached hydrogens (primary N) is 1. The molecule has 0 heterocycles. The molecule has 0 spiro atoms. The van der Waals surface area contributed by atoms with Gasteiger partial charge in [-0.3, -0.25) is 9.59 Å². The molecule has 4 aliphatic rings. The Balaban J connectivity index is 1.38. The van der Waals surface area contributed by atoms with Crippen molar-refractivity contribution in [3.05, 3.63) is 53.6 Å². The first-order chi connectivity index (χ1) is 16.4. The van der Waals surface area contributed by atoms with Gasteiger partial charge in [0.1, 0.15) is 0 Å². The zero-order valence-corrected chi connectivity index (χ0v) is 20.3. The minimum atomic E-state index is -4.44. The quantitative estimate of drug-likeness (QED) is 0.306. The summed E-state index contributed by atoms with van der Waals surface area (Å²) in [7, 11) is 0. The van der Waals surface area contributed by atoms with Crippen LogP contribution in [0.5, 0.6) is 0 Å². The van der Waals surface area contributed by atoms with Crippen molar-refractivity contribution in [3.8, 4) is 0 Å². The van der Waals surface area contributed by atoms with E-state index in [-0.39, 0.29) is 34.1 Å². The number of hydrogen-bond acceptors (Lipinski definition) is 3. The summed E-state index contributed by atoms with van der Waals surface area (Å²) < 4.78 is 38.8. The molecule has 3 unspecified atom stereocenters. The molecule has 0 radical (unpaired) electrons. The lowest BCUT2D eigenvalue weighted by Gasteiger charge is -2.58. The molecular formula is C28H33F3N2O2. The van der Waals surface area contributed by atoms with Crippen LogP contribution < -0.4 is 10.9 Å². The number of amides is 1. The van der Waals surface area contributed by atoms with Gasteiger partial charge in [0.2, 0.25) is 5.91 Å². The van der Waals surface area contributed by atoms with E-state index in [2.05, 4.69) is 20.4 Å². The number of rotatable bonds is 2. The predicted molar refractivity (Wildman–Crippen MR) is 128 cm³/mol. The first-order valence-electron chi connectivity index (χ1n) is 12.6. The van der Waals surface area contributed by atoms with Gasteiger partial charge < -0.3 is 0 Å². The van der Waals surface area contributed by atoms with E-state index in [1.807, 2.05) is 6.08 Å². The van der Waals surface area contributed by atoms with Gasteiger partial charge in [0.05, 0.1) is 11.3 Å². The number of hydrazine groups is 1. The normalized spacial score (nSPS) is 36.7. The zero-order chi connectivity index (χ0) is 25.3. The van der Waals surface area contributed by atoms with Gasteiger partial charge in [-0.15, -0.1) is 0 Å². The second-order valence-electron chi connectivity index (χ2n) is 11.6. The summed E-state index contributed by atoms with van der Waals surface area (Å²) in [4.78, 5) is 25.7. The zero-order valence-electron chi connectivity index (χ0n) is 20.3. The molecule has 0 bridgehead atoms. The van der Waals surface area contributed by atoms with Crippen molar-refractivity contribution in [2.45, 2.75) is 65.0 Å². The molecule has 4 nitrogen and oxygen atoms in total. The van der Waals surface area contributed by atoms with E-state index in [9.17, 15) is 22.8 Å². The highest BCUT2D eigenvalue weighted by atomic mass is 19.4. The molecule has 1 aromatic carbocycles. The lowest BCUT2D eigenvalue weighted by Crippen LogP contribution is -2.53. The fraction of sp³-hybridized carbons (Fsp3) is 0.571. The molecule has 5 rings (SSSR count). The number of benzene rings is 1. The lowest BCUT2D eigenvalue weighted by atomic mass is 9.46. The van der Waals surface area contributed by atoms with Crippen molar-refractivity contribution < 1.29 is 22.8 Å². The summed E-state index contributed by atoms with van der Waals surface area (Å²) in [5.74, 6) is 7.10. The first kappa shape index (κ1) is 24.3. The standard InChI is InChI=1S/C28H33F3N2O2/c1-16-14-20-21-8-9-23(25(35)33(32)18-6-4-17(5-7-18)28(29,30)31)26(21,2)13-11-22(20)27(3)12-10-19(34)15-24(16)27/h4-7,15,20-23H,1,8-14,32H2,2-3H3/t20?,21?,22?,23-,26+,27-/m1/s1. The average molecular weight is 487 g/mol. The molecule has 7 heteroatoms. The number of anilines is 1. The fourth-order valence-electron chi connectivity index (χ4n) is 8.08. The number of ketones is 1. The van der Waals surface area contributed by atoms with Crippen LogP contribution in [-0.2, 0) is 15.8 Å². The molecule has 1 aromatic rings. The smallest absolute Gasteiger partial charge is 0.295 e. The molecule has 3 fully saturated rings. The largest absolute Gasteiger partial charge is 0.416 e. The van der Waals surface area contributed by atoms with Gasteiger partial charge in [-0.25, -0.2) is 10.9 Å². The molecule has 188 valence electrons. The summed E-state index contributed by atoms with van der Waals surface area (Å²) in [5.41, 5.74) is 1.44. The van der Waals surface area contributed by atoms with Gasteiger partial charge >= 0.3 is 6.18 Å². The SMILES string of the molecule is C=C1CC2C(CC[C@@]3(C)C2CC[C@@H]3C(=O)N(N)c2ccc(C(F)(F)F)cc2)[C@@]2(C)CCC(=O)C=C12. The summed E-state index contributed by atoms with van der Waals surface area (Å²) in [6.45, 7) is 8.85. The van der Waals surface area contributed by atoms with Crippen LogP contribution in [0.25, 0.3) is 0 Å². The van der Waals surface area contributed by atoms with Crippen LogP contribution >= 0.6 is 0 Å². The minimum Gasteiger partial charge on any atom is -0.295 e. The van der Waals surface area contributed by atoms with Crippen LogP contribution in [0.4, 0.5) is 18.9 Å². The maximum absolute atomic E-state index is 13.6. The van der Waals surface area contributed by atoms with E-state index in [0.29, 0.717) is 24.2 Å². The molecule has 0 saturated heterocycles. The molecule has 6 atom stereocenters. The monoisotopic (exact) mass is 486 g/mol. The predicted octanol–water partition coefficient (Wildman–Crippen LogP) is 6.23. The summed E-state index contributed by atoms with van der Waals surface area (Å²) >= 11 is 0. The number of carbonyl (C=O) groups is 2. The van der Waals surface area contributed by atoms with Gasteiger partial charge in [0, 0.05) is 12.3 Å². The van der Waals surface area contributed by atoms with Crippen LogP contribution in [0.15, 0.2) is 48.1 Å². The van der Waals surface area contributed by atoms with Gasteiger partial charge in [0.25, 0.3) is 0 Å². The van der Waals surface area contributed by atoms with E-state index in [4.69, 9.17) is 5.84 Å². The highest BCUT2D eigenvalue weighted by Crippen LogP contribution is 2.67. The minimum absolute atomic E-state index is 0.0442. The van der Waals surface area contributed by atoms with E-state index in [1.54, 1.807) is 0 Å². The number of allylic oxidation sites excluding steroid dienone is 2. The van der Waals surface area contributed by atoms with Gasteiger partial charge in [-0.2, -0.15) is 13.2 Å². The Kier molecular flexibility index (Phi) is 5.59. The van der Waals surface area contributed by atoms with Crippen molar-refractivity contribution in [3.63, 3.8) is 0 Å².